The minimum atomic E-state index is -0.0401. The molecule has 6 heteroatoms. The third-order valence-corrected chi connectivity index (χ3v) is 5.32. The van der Waals surface area contributed by atoms with Crippen LogP contribution >= 0.6 is 15.9 Å². The second-order valence-electron chi connectivity index (χ2n) is 6.98. The Balaban J connectivity index is 1.70. The number of amides is 1. The monoisotopic (exact) mass is 441 g/mol. The topological polar surface area (TPSA) is 47.4 Å². The van der Waals surface area contributed by atoms with Crippen LogP contribution < -0.4 is 4.74 Å². The van der Waals surface area contributed by atoms with Crippen molar-refractivity contribution >= 4 is 21.8 Å². The zero-order chi connectivity index (χ0) is 20.3. The average Bonchev–Trinajstić information content (AvgIpc) is 3.00. The summed E-state index contributed by atoms with van der Waals surface area (Å²) < 4.78 is 8.63. The summed E-state index contributed by atoms with van der Waals surface area (Å²) in [5, 5.41) is 4.20. The number of hydrogen-bond acceptors (Lipinski definition) is 3. The van der Waals surface area contributed by atoms with E-state index in [9.17, 15) is 4.79 Å². The first-order valence-electron chi connectivity index (χ1n) is 9.06. The Morgan fingerprint density at radius 3 is 2.71 bits per heavy atom. The molecule has 28 heavy (non-hydrogen) atoms. The number of ether oxygens (including phenoxy) is 1. The number of carbonyl (C=O) groups excluding carboxylic acids is 1. The number of halogens is 1. The molecule has 0 radical (unpaired) electrons. The molecule has 0 saturated carbocycles. The summed E-state index contributed by atoms with van der Waals surface area (Å²) in [5.74, 6) is 0.830. The molecule has 1 heterocycles. The number of nitrogens with zero attached hydrogens (tertiary/aromatic N) is 3. The second-order valence-corrected chi connectivity index (χ2v) is 7.84. The highest BCUT2D eigenvalue weighted by atomic mass is 79.9. The predicted octanol–water partition coefficient (Wildman–Crippen LogP) is 4.65. The highest BCUT2D eigenvalue weighted by Crippen LogP contribution is 2.21. The molecule has 1 amide bonds. The fourth-order valence-electron chi connectivity index (χ4n) is 2.95. The van der Waals surface area contributed by atoms with Crippen molar-refractivity contribution in [2.75, 3.05) is 7.05 Å². The lowest BCUT2D eigenvalue weighted by Crippen LogP contribution is -2.27. The summed E-state index contributed by atoms with van der Waals surface area (Å²) >= 11 is 3.48. The number of benzene rings is 2. The maximum absolute atomic E-state index is 12.9. The van der Waals surface area contributed by atoms with Crippen molar-refractivity contribution < 1.29 is 9.53 Å². The third kappa shape index (κ3) is 4.62. The Bertz CT molecular complexity index is 978. The standard InChI is InChI=1S/C22H24BrN3O2/c1-15-8-9-16(2)21(10-15)28-14-17-6-5-7-18(11-17)22(27)25(3)13-20-19(23)12-24-26(20)4/h5-12H,13-14H2,1-4H3. The molecule has 3 rings (SSSR count). The van der Waals surface area contributed by atoms with Gasteiger partial charge in [-0.3, -0.25) is 9.48 Å². The highest BCUT2D eigenvalue weighted by molar-refractivity contribution is 9.10. The smallest absolute Gasteiger partial charge is 0.253 e. The molecule has 0 bridgehead atoms. The lowest BCUT2D eigenvalue weighted by Gasteiger charge is -2.18. The van der Waals surface area contributed by atoms with Gasteiger partial charge in [0.05, 0.1) is 22.9 Å². The molecule has 146 valence electrons. The fourth-order valence-corrected chi connectivity index (χ4v) is 3.42. The van der Waals surface area contributed by atoms with Gasteiger partial charge in [-0.2, -0.15) is 5.10 Å². The summed E-state index contributed by atoms with van der Waals surface area (Å²) in [7, 11) is 3.66. The van der Waals surface area contributed by atoms with Gasteiger partial charge in [-0.25, -0.2) is 0 Å². The lowest BCUT2D eigenvalue weighted by molar-refractivity contribution is 0.0781. The quantitative estimate of drug-likeness (QED) is 0.559. The van der Waals surface area contributed by atoms with Gasteiger partial charge >= 0.3 is 0 Å². The van der Waals surface area contributed by atoms with Gasteiger partial charge in [-0.05, 0) is 64.7 Å². The summed E-state index contributed by atoms with van der Waals surface area (Å²) in [6.07, 6.45) is 1.74. The van der Waals surface area contributed by atoms with Gasteiger partial charge in [0.1, 0.15) is 12.4 Å². The van der Waals surface area contributed by atoms with Crippen LogP contribution in [0.1, 0.15) is 32.7 Å². The van der Waals surface area contributed by atoms with Gasteiger partial charge in [0, 0.05) is 19.7 Å². The molecule has 5 nitrogen and oxygen atoms in total. The Hall–Kier alpha value is -2.60. The number of carbonyl (C=O) groups is 1. The molecule has 0 aliphatic rings. The Morgan fingerprint density at radius 2 is 2.00 bits per heavy atom. The number of hydrogen-bond donors (Lipinski definition) is 0. The van der Waals surface area contributed by atoms with Crippen molar-refractivity contribution in [2.45, 2.75) is 27.0 Å². The van der Waals surface area contributed by atoms with Gasteiger partial charge < -0.3 is 9.64 Å². The van der Waals surface area contributed by atoms with Crippen LogP contribution in [0.25, 0.3) is 0 Å². The molecule has 0 aliphatic carbocycles. The first-order chi connectivity index (χ1) is 13.3. The van der Waals surface area contributed by atoms with E-state index in [2.05, 4.69) is 33.2 Å². The largest absolute Gasteiger partial charge is 0.489 e. The van der Waals surface area contributed by atoms with E-state index in [1.165, 1.54) is 0 Å². The van der Waals surface area contributed by atoms with Crippen molar-refractivity contribution in [3.8, 4) is 5.75 Å². The molecule has 0 unspecified atom stereocenters. The van der Waals surface area contributed by atoms with Gasteiger partial charge in [-0.15, -0.1) is 0 Å². The summed E-state index contributed by atoms with van der Waals surface area (Å²) in [6, 6.07) is 13.7. The first kappa shape index (κ1) is 20.1. The maximum Gasteiger partial charge on any atom is 0.253 e. The normalized spacial score (nSPS) is 10.8. The molecular weight excluding hydrogens is 418 g/mol. The molecule has 0 aliphatic heterocycles. The van der Waals surface area contributed by atoms with Gasteiger partial charge in [0.15, 0.2) is 0 Å². The number of rotatable bonds is 6. The zero-order valence-electron chi connectivity index (χ0n) is 16.6. The van der Waals surface area contributed by atoms with Crippen molar-refractivity contribution in [1.82, 2.24) is 14.7 Å². The molecule has 0 fully saturated rings. The SMILES string of the molecule is Cc1ccc(C)c(OCc2cccc(C(=O)N(C)Cc3c(Br)cnn3C)c2)c1. The molecule has 0 spiro atoms. The minimum absolute atomic E-state index is 0.0401. The second kappa shape index (κ2) is 8.61. The average molecular weight is 442 g/mol. The van der Waals surface area contributed by atoms with Gasteiger partial charge in [0.2, 0.25) is 0 Å². The van der Waals surface area contributed by atoms with Crippen LogP contribution in [0, 0.1) is 13.8 Å². The van der Waals surface area contributed by atoms with Crippen molar-refractivity contribution in [3.05, 3.63) is 81.1 Å². The summed E-state index contributed by atoms with van der Waals surface area (Å²) in [4.78, 5) is 14.5. The van der Waals surface area contributed by atoms with Gasteiger partial charge in [0.25, 0.3) is 5.91 Å². The predicted molar refractivity (Wildman–Crippen MR) is 113 cm³/mol. The highest BCUT2D eigenvalue weighted by Gasteiger charge is 2.16. The molecular formula is C22H24BrN3O2. The molecule has 2 aromatic carbocycles. The van der Waals surface area contributed by atoms with Gasteiger partial charge in [-0.1, -0.05) is 24.3 Å². The van der Waals surface area contributed by atoms with Crippen LogP contribution in [0.15, 0.2) is 53.1 Å². The van der Waals surface area contributed by atoms with Crippen LogP contribution in [0.3, 0.4) is 0 Å². The minimum Gasteiger partial charge on any atom is -0.489 e. The number of aromatic nitrogens is 2. The zero-order valence-corrected chi connectivity index (χ0v) is 18.2. The molecule has 3 aromatic rings. The van der Waals surface area contributed by atoms with Crippen LogP contribution in [-0.2, 0) is 20.2 Å². The van der Waals surface area contributed by atoms with Crippen LogP contribution in [0.5, 0.6) is 5.75 Å². The van der Waals surface area contributed by atoms with Crippen molar-refractivity contribution in [2.24, 2.45) is 7.05 Å². The third-order valence-electron chi connectivity index (χ3n) is 4.66. The molecule has 0 saturated heterocycles. The Labute approximate surface area is 174 Å². The van der Waals surface area contributed by atoms with Crippen molar-refractivity contribution in [3.63, 3.8) is 0 Å². The molecule has 0 atom stereocenters. The van der Waals surface area contributed by atoms with E-state index in [1.807, 2.05) is 51.2 Å². The number of aryl methyl sites for hydroxylation is 3. The van der Waals surface area contributed by atoms with E-state index < -0.39 is 0 Å². The maximum atomic E-state index is 12.9. The Kier molecular flexibility index (Phi) is 6.19. The van der Waals surface area contributed by atoms with Crippen LogP contribution in [-0.4, -0.2) is 27.6 Å². The lowest BCUT2D eigenvalue weighted by atomic mass is 10.1. The van der Waals surface area contributed by atoms with E-state index in [0.717, 1.165) is 32.6 Å². The Morgan fingerprint density at radius 1 is 1.21 bits per heavy atom. The van der Waals surface area contributed by atoms with E-state index in [1.54, 1.807) is 22.8 Å². The van der Waals surface area contributed by atoms with Crippen molar-refractivity contribution in [1.29, 1.82) is 0 Å². The first-order valence-corrected chi connectivity index (χ1v) is 9.85. The summed E-state index contributed by atoms with van der Waals surface area (Å²) in [6.45, 7) is 4.96. The van der Waals surface area contributed by atoms with E-state index in [0.29, 0.717) is 18.7 Å². The van der Waals surface area contributed by atoms with Crippen LogP contribution in [0.4, 0.5) is 0 Å². The molecule has 0 N–H and O–H groups in total. The van der Waals surface area contributed by atoms with E-state index in [-0.39, 0.29) is 5.91 Å². The van der Waals surface area contributed by atoms with E-state index in [4.69, 9.17) is 4.74 Å². The molecule has 1 aromatic heterocycles. The van der Waals surface area contributed by atoms with Crippen LogP contribution in [0.2, 0.25) is 0 Å². The van der Waals surface area contributed by atoms with E-state index >= 15 is 0 Å². The fraction of sp³-hybridized carbons (Fsp3) is 0.273. The summed E-state index contributed by atoms with van der Waals surface area (Å²) in [5.41, 5.74) is 4.81.